The molecule has 0 aliphatic carbocycles. The van der Waals surface area contributed by atoms with Crippen molar-refractivity contribution in [3.8, 4) is 0 Å². The highest BCUT2D eigenvalue weighted by Crippen LogP contribution is 2.24. The summed E-state index contributed by atoms with van der Waals surface area (Å²) in [6, 6.07) is 5.09. The van der Waals surface area contributed by atoms with Crippen LogP contribution >= 0.6 is 27.5 Å². The van der Waals surface area contributed by atoms with Gasteiger partial charge in [0, 0.05) is 10.0 Å². The lowest BCUT2D eigenvalue weighted by Gasteiger charge is -2.01. The van der Waals surface area contributed by atoms with Crippen molar-refractivity contribution in [1.82, 2.24) is 0 Å². The molecular formula is C10H8BrClO. The Morgan fingerprint density at radius 1 is 1.54 bits per heavy atom. The minimum atomic E-state index is -0.0746. The molecule has 0 unspecified atom stereocenters. The highest BCUT2D eigenvalue weighted by Gasteiger charge is 2.07. The molecular weight excluding hydrogens is 251 g/mol. The number of carbonyl (C=O) groups is 1. The lowest BCUT2D eigenvalue weighted by molar-refractivity contribution is 0.103. The molecule has 0 amide bonds. The molecule has 0 radical (unpaired) electrons. The molecule has 0 aromatic heterocycles. The van der Waals surface area contributed by atoms with Crippen LogP contribution in [0.3, 0.4) is 0 Å². The average molecular weight is 260 g/mol. The Balaban J connectivity index is 3.11. The van der Waals surface area contributed by atoms with Gasteiger partial charge in [-0.2, -0.15) is 0 Å². The van der Waals surface area contributed by atoms with Gasteiger partial charge in [0.2, 0.25) is 0 Å². The number of hydrogen-bond donors (Lipinski definition) is 0. The minimum absolute atomic E-state index is 0.0746. The van der Waals surface area contributed by atoms with Crippen LogP contribution in [-0.2, 0) is 0 Å². The van der Waals surface area contributed by atoms with Gasteiger partial charge in [0.1, 0.15) is 0 Å². The lowest BCUT2D eigenvalue weighted by Crippen LogP contribution is -1.98. The number of halogens is 2. The van der Waals surface area contributed by atoms with Gasteiger partial charge in [-0.05, 0) is 46.6 Å². The van der Waals surface area contributed by atoms with E-state index in [9.17, 15) is 4.79 Å². The average Bonchev–Trinajstić information content (AvgIpc) is 2.08. The van der Waals surface area contributed by atoms with E-state index in [1.54, 1.807) is 25.1 Å². The van der Waals surface area contributed by atoms with Gasteiger partial charge in [0.05, 0.1) is 5.02 Å². The lowest BCUT2D eigenvalue weighted by atomic mass is 10.1. The summed E-state index contributed by atoms with van der Waals surface area (Å²) in [6.45, 7) is 5.26. The summed E-state index contributed by atoms with van der Waals surface area (Å²) in [5.74, 6) is -0.0746. The number of hydrogen-bond acceptors (Lipinski definition) is 1. The Labute approximate surface area is 90.5 Å². The maximum Gasteiger partial charge on any atom is 0.188 e. The van der Waals surface area contributed by atoms with Crippen molar-refractivity contribution >= 4 is 33.3 Å². The molecule has 3 heteroatoms. The van der Waals surface area contributed by atoms with E-state index in [4.69, 9.17) is 11.6 Å². The molecule has 1 rings (SSSR count). The van der Waals surface area contributed by atoms with Gasteiger partial charge in [0.15, 0.2) is 5.78 Å². The van der Waals surface area contributed by atoms with E-state index < -0.39 is 0 Å². The van der Waals surface area contributed by atoms with Crippen molar-refractivity contribution in [3.63, 3.8) is 0 Å². The first-order chi connectivity index (χ1) is 6.02. The summed E-state index contributed by atoms with van der Waals surface area (Å²) in [5, 5.41) is 0.534. The molecule has 0 spiro atoms. The SMILES string of the molecule is C=C(C)C(=O)c1ccc(Br)c(Cl)c1. The predicted molar refractivity (Wildman–Crippen MR) is 58.3 cm³/mol. The molecule has 68 valence electrons. The molecule has 0 bridgehead atoms. The number of carbonyl (C=O) groups excluding carboxylic acids is 1. The topological polar surface area (TPSA) is 17.1 Å². The van der Waals surface area contributed by atoms with Crippen LogP contribution in [0.2, 0.25) is 5.02 Å². The number of Topliss-reactive ketones (excluding diaryl/α,β-unsaturated/α-hetero) is 1. The first kappa shape index (κ1) is 10.5. The van der Waals surface area contributed by atoms with Crippen molar-refractivity contribution in [1.29, 1.82) is 0 Å². The van der Waals surface area contributed by atoms with E-state index in [1.807, 2.05) is 0 Å². The molecule has 1 nitrogen and oxygen atoms in total. The van der Waals surface area contributed by atoms with Crippen molar-refractivity contribution in [2.45, 2.75) is 6.92 Å². The maximum atomic E-state index is 11.4. The molecule has 0 heterocycles. The van der Waals surface area contributed by atoms with Gasteiger partial charge in [-0.1, -0.05) is 18.2 Å². The summed E-state index contributed by atoms with van der Waals surface area (Å²) < 4.78 is 0.785. The molecule has 0 saturated carbocycles. The zero-order valence-corrected chi connectivity index (χ0v) is 9.45. The van der Waals surface area contributed by atoms with E-state index in [-0.39, 0.29) is 5.78 Å². The Hall–Kier alpha value is -0.600. The summed E-state index contributed by atoms with van der Waals surface area (Å²) in [5.41, 5.74) is 1.08. The third-order valence-electron chi connectivity index (χ3n) is 1.57. The molecule has 0 fully saturated rings. The van der Waals surface area contributed by atoms with Gasteiger partial charge >= 0.3 is 0 Å². The normalized spacial score (nSPS) is 9.77. The fourth-order valence-electron chi connectivity index (χ4n) is 0.884. The smallest absolute Gasteiger partial charge is 0.188 e. The van der Waals surface area contributed by atoms with Crippen molar-refractivity contribution < 1.29 is 4.79 Å². The minimum Gasteiger partial charge on any atom is -0.289 e. The van der Waals surface area contributed by atoms with Crippen LogP contribution in [0.4, 0.5) is 0 Å². The fourth-order valence-corrected chi connectivity index (χ4v) is 1.31. The molecule has 1 aromatic carbocycles. The molecule has 0 aliphatic heterocycles. The van der Waals surface area contributed by atoms with E-state index in [0.717, 1.165) is 4.47 Å². The molecule has 0 N–H and O–H groups in total. The second kappa shape index (κ2) is 4.07. The molecule has 0 atom stereocenters. The van der Waals surface area contributed by atoms with Gasteiger partial charge in [-0.15, -0.1) is 0 Å². The maximum absolute atomic E-state index is 11.4. The van der Waals surface area contributed by atoms with E-state index in [0.29, 0.717) is 16.2 Å². The highest BCUT2D eigenvalue weighted by molar-refractivity contribution is 9.10. The summed E-state index contributed by atoms with van der Waals surface area (Å²) >= 11 is 9.08. The molecule has 0 saturated heterocycles. The van der Waals surface area contributed by atoms with E-state index in [2.05, 4.69) is 22.5 Å². The zero-order valence-electron chi connectivity index (χ0n) is 7.10. The van der Waals surface area contributed by atoms with Crippen molar-refractivity contribution in [2.75, 3.05) is 0 Å². The van der Waals surface area contributed by atoms with E-state index in [1.165, 1.54) is 0 Å². The van der Waals surface area contributed by atoms with Crippen LogP contribution in [0.5, 0.6) is 0 Å². The van der Waals surface area contributed by atoms with Gasteiger partial charge in [0.25, 0.3) is 0 Å². The van der Waals surface area contributed by atoms with Crippen molar-refractivity contribution in [2.24, 2.45) is 0 Å². The Morgan fingerprint density at radius 3 is 2.62 bits per heavy atom. The number of allylic oxidation sites excluding steroid dienone is 1. The quantitative estimate of drug-likeness (QED) is 0.582. The first-order valence-corrected chi connectivity index (χ1v) is 4.84. The van der Waals surface area contributed by atoms with Crippen LogP contribution in [-0.4, -0.2) is 5.78 Å². The molecule has 0 aliphatic rings. The molecule has 1 aromatic rings. The van der Waals surface area contributed by atoms with Gasteiger partial charge < -0.3 is 0 Å². The summed E-state index contributed by atoms with van der Waals surface area (Å²) in [4.78, 5) is 11.4. The third kappa shape index (κ3) is 2.42. The Morgan fingerprint density at radius 2 is 2.15 bits per heavy atom. The second-order valence-electron chi connectivity index (χ2n) is 2.74. The molecule has 13 heavy (non-hydrogen) atoms. The first-order valence-electron chi connectivity index (χ1n) is 3.67. The third-order valence-corrected chi connectivity index (χ3v) is 2.80. The standard InChI is InChI=1S/C10H8BrClO/c1-6(2)10(13)7-3-4-8(11)9(12)5-7/h3-5H,1H2,2H3. The van der Waals surface area contributed by atoms with Crippen LogP contribution in [0.25, 0.3) is 0 Å². The predicted octanol–water partition coefficient (Wildman–Crippen LogP) is 3.86. The van der Waals surface area contributed by atoms with Crippen LogP contribution < -0.4 is 0 Å². The highest BCUT2D eigenvalue weighted by atomic mass is 79.9. The summed E-state index contributed by atoms with van der Waals surface area (Å²) in [6.07, 6.45) is 0. The van der Waals surface area contributed by atoms with Gasteiger partial charge in [-0.3, -0.25) is 4.79 Å². The van der Waals surface area contributed by atoms with Gasteiger partial charge in [-0.25, -0.2) is 0 Å². The van der Waals surface area contributed by atoms with Crippen LogP contribution in [0, 0.1) is 0 Å². The fraction of sp³-hybridized carbons (Fsp3) is 0.100. The Bertz CT molecular complexity index is 371. The van der Waals surface area contributed by atoms with E-state index >= 15 is 0 Å². The largest absolute Gasteiger partial charge is 0.289 e. The number of ketones is 1. The number of rotatable bonds is 2. The Kier molecular flexibility index (Phi) is 3.28. The van der Waals surface area contributed by atoms with Crippen LogP contribution in [0.15, 0.2) is 34.8 Å². The van der Waals surface area contributed by atoms with Crippen LogP contribution in [0.1, 0.15) is 17.3 Å². The monoisotopic (exact) mass is 258 g/mol. The zero-order chi connectivity index (χ0) is 10.0. The summed E-state index contributed by atoms with van der Waals surface area (Å²) in [7, 11) is 0. The van der Waals surface area contributed by atoms with Crippen molar-refractivity contribution in [3.05, 3.63) is 45.4 Å². The number of benzene rings is 1. The second-order valence-corrected chi connectivity index (χ2v) is 4.00.